The molecule has 0 radical (unpaired) electrons. The van der Waals surface area contributed by atoms with Crippen LogP contribution in [0.5, 0.6) is 0 Å². The monoisotopic (exact) mass is 282 g/mol. The zero-order chi connectivity index (χ0) is 15.0. The molecule has 1 N–H and O–H groups in total. The SMILES string of the molecule is COC(=O)c1cc(C=C2C(=O)Nc3ccccc32)cn1C. The van der Waals surface area contributed by atoms with Crippen LogP contribution in [0.2, 0.25) is 0 Å². The maximum absolute atomic E-state index is 12.0. The molecular weight excluding hydrogens is 268 g/mol. The van der Waals surface area contributed by atoms with E-state index >= 15 is 0 Å². The number of nitrogens with zero attached hydrogens (tertiary/aromatic N) is 1. The molecule has 2 heterocycles. The van der Waals surface area contributed by atoms with E-state index in [-0.39, 0.29) is 5.91 Å². The van der Waals surface area contributed by atoms with Gasteiger partial charge in [0.25, 0.3) is 5.91 Å². The number of methoxy groups -OCH3 is 1. The van der Waals surface area contributed by atoms with Crippen LogP contribution in [0.4, 0.5) is 5.69 Å². The predicted octanol–water partition coefficient (Wildman–Crippen LogP) is 2.30. The summed E-state index contributed by atoms with van der Waals surface area (Å²) >= 11 is 0. The Hall–Kier alpha value is -2.82. The Morgan fingerprint density at radius 1 is 1.33 bits per heavy atom. The summed E-state index contributed by atoms with van der Waals surface area (Å²) in [5.74, 6) is -0.543. The third kappa shape index (κ3) is 2.23. The van der Waals surface area contributed by atoms with Crippen molar-refractivity contribution in [3.63, 3.8) is 0 Å². The average molecular weight is 282 g/mol. The molecule has 0 spiro atoms. The van der Waals surface area contributed by atoms with Gasteiger partial charge in [-0.3, -0.25) is 4.79 Å². The summed E-state index contributed by atoms with van der Waals surface area (Å²) in [5.41, 5.74) is 3.48. The second kappa shape index (κ2) is 4.94. The number of carbonyl (C=O) groups excluding carboxylic acids is 2. The van der Waals surface area contributed by atoms with Crippen molar-refractivity contribution in [3.05, 3.63) is 53.3 Å². The Morgan fingerprint density at radius 2 is 2.10 bits per heavy atom. The Balaban J connectivity index is 2.03. The van der Waals surface area contributed by atoms with Crippen molar-refractivity contribution in [2.45, 2.75) is 0 Å². The van der Waals surface area contributed by atoms with Crippen LogP contribution in [-0.4, -0.2) is 23.6 Å². The topological polar surface area (TPSA) is 60.3 Å². The van der Waals surface area contributed by atoms with Crippen LogP contribution in [-0.2, 0) is 16.6 Å². The lowest BCUT2D eigenvalue weighted by molar-refractivity contribution is -0.110. The molecule has 0 unspecified atom stereocenters. The van der Waals surface area contributed by atoms with Gasteiger partial charge in [0.15, 0.2) is 0 Å². The number of ether oxygens (including phenoxy) is 1. The van der Waals surface area contributed by atoms with Gasteiger partial charge >= 0.3 is 5.97 Å². The van der Waals surface area contributed by atoms with Gasteiger partial charge in [-0.2, -0.15) is 0 Å². The molecule has 0 fully saturated rings. The second-order valence-electron chi connectivity index (χ2n) is 4.82. The molecule has 21 heavy (non-hydrogen) atoms. The Bertz CT molecular complexity index is 772. The van der Waals surface area contributed by atoms with Crippen LogP contribution >= 0.6 is 0 Å². The number of fused-ring (bicyclic) bond motifs is 1. The number of amides is 1. The van der Waals surface area contributed by atoms with Crippen molar-refractivity contribution in [2.24, 2.45) is 7.05 Å². The summed E-state index contributed by atoms with van der Waals surface area (Å²) in [7, 11) is 3.10. The van der Waals surface area contributed by atoms with Crippen LogP contribution < -0.4 is 5.32 Å². The number of hydrogen-bond acceptors (Lipinski definition) is 3. The van der Waals surface area contributed by atoms with Gasteiger partial charge in [0.2, 0.25) is 0 Å². The Labute approximate surface area is 121 Å². The summed E-state index contributed by atoms with van der Waals surface area (Å²) in [4.78, 5) is 23.6. The number of aryl methyl sites for hydroxylation is 1. The number of rotatable bonds is 2. The van der Waals surface area contributed by atoms with Gasteiger partial charge in [-0.25, -0.2) is 4.79 Å². The Kier molecular flexibility index (Phi) is 3.10. The lowest BCUT2D eigenvalue weighted by atomic mass is 10.1. The largest absolute Gasteiger partial charge is 0.464 e. The number of hydrogen-bond donors (Lipinski definition) is 1. The van der Waals surface area contributed by atoms with E-state index in [9.17, 15) is 9.59 Å². The van der Waals surface area contributed by atoms with E-state index in [4.69, 9.17) is 4.74 Å². The van der Waals surface area contributed by atoms with E-state index in [0.29, 0.717) is 11.3 Å². The van der Waals surface area contributed by atoms with Crippen LogP contribution in [0.25, 0.3) is 11.6 Å². The lowest BCUT2D eigenvalue weighted by Gasteiger charge is -1.98. The van der Waals surface area contributed by atoms with Crippen molar-refractivity contribution in [1.82, 2.24) is 4.57 Å². The molecule has 1 aliphatic rings. The van der Waals surface area contributed by atoms with Gasteiger partial charge in [-0.05, 0) is 23.8 Å². The van der Waals surface area contributed by atoms with Gasteiger partial charge in [0.1, 0.15) is 5.69 Å². The summed E-state index contributed by atoms with van der Waals surface area (Å²) in [5, 5.41) is 2.82. The fraction of sp³-hybridized carbons (Fsp3) is 0.125. The van der Waals surface area contributed by atoms with Crippen LogP contribution in [0.15, 0.2) is 36.5 Å². The number of aromatic nitrogens is 1. The molecule has 5 heteroatoms. The highest BCUT2D eigenvalue weighted by Gasteiger charge is 2.23. The molecule has 0 aliphatic carbocycles. The van der Waals surface area contributed by atoms with Crippen molar-refractivity contribution < 1.29 is 14.3 Å². The van der Waals surface area contributed by atoms with Gasteiger partial charge in [0, 0.05) is 30.1 Å². The van der Waals surface area contributed by atoms with E-state index < -0.39 is 5.97 Å². The summed E-state index contributed by atoms with van der Waals surface area (Å²) < 4.78 is 6.40. The van der Waals surface area contributed by atoms with Crippen molar-refractivity contribution in [2.75, 3.05) is 12.4 Å². The smallest absolute Gasteiger partial charge is 0.354 e. The van der Waals surface area contributed by atoms with Gasteiger partial charge in [0.05, 0.1) is 7.11 Å². The third-order valence-corrected chi connectivity index (χ3v) is 3.44. The minimum absolute atomic E-state index is 0.139. The second-order valence-corrected chi connectivity index (χ2v) is 4.82. The van der Waals surface area contributed by atoms with Crippen LogP contribution in [0, 0.1) is 0 Å². The first-order valence-electron chi connectivity index (χ1n) is 6.47. The van der Waals surface area contributed by atoms with E-state index in [1.807, 2.05) is 24.3 Å². The van der Waals surface area contributed by atoms with Crippen molar-refractivity contribution >= 4 is 29.2 Å². The molecule has 0 bridgehead atoms. The van der Waals surface area contributed by atoms with Crippen LogP contribution in [0.3, 0.4) is 0 Å². The summed E-state index contributed by atoms with van der Waals surface area (Å²) in [6, 6.07) is 9.22. The highest BCUT2D eigenvalue weighted by Crippen LogP contribution is 2.32. The number of esters is 1. The maximum Gasteiger partial charge on any atom is 0.354 e. The fourth-order valence-corrected chi connectivity index (χ4v) is 2.43. The molecule has 3 rings (SSSR count). The van der Waals surface area contributed by atoms with Crippen molar-refractivity contribution in [3.8, 4) is 0 Å². The van der Waals surface area contributed by atoms with Gasteiger partial charge in [-0.1, -0.05) is 18.2 Å². The van der Waals surface area contributed by atoms with Crippen LogP contribution in [0.1, 0.15) is 21.6 Å². The predicted molar refractivity (Wildman–Crippen MR) is 79.7 cm³/mol. The highest BCUT2D eigenvalue weighted by atomic mass is 16.5. The van der Waals surface area contributed by atoms with E-state index in [1.165, 1.54) is 7.11 Å². The standard InChI is InChI=1S/C16H14N2O3/c1-18-9-10(8-14(18)16(20)21-2)7-12-11-5-3-4-6-13(11)17-15(12)19/h3-9H,1-2H3,(H,17,19). The molecule has 0 saturated heterocycles. The number of para-hydroxylation sites is 1. The zero-order valence-corrected chi connectivity index (χ0v) is 11.7. The number of nitrogens with one attached hydrogen (secondary N) is 1. The van der Waals surface area contributed by atoms with E-state index in [1.54, 1.807) is 30.0 Å². The van der Waals surface area contributed by atoms with E-state index in [2.05, 4.69) is 5.32 Å². The molecule has 0 atom stereocenters. The van der Waals surface area contributed by atoms with Gasteiger partial charge in [-0.15, -0.1) is 0 Å². The number of carbonyl (C=O) groups is 2. The first kappa shape index (κ1) is 13.2. The molecule has 2 aromatic rings. The summed E-state index contributed by atoms with van der Waals surface area (Å²) in [6.07, 6.45) is 3.56. The first-order chi connectivity index (χ1) is 10.1. The molecular formula is C16H14N2O3. The number of anilines is 1. The third-order valence-electron chi connectivity index (χ3n) is 3.44. The molecule has 1 aromatic carbocycles. The zero-order valence-electron chi connectivity index (χ0n) is 11.7. The maximum atomic E-state index is 12.0. The molecule has 1 amide bonds. The first-order valence-corrected chi connectivity index (χ1v) is 6.47. The van der Waals surface area contributed by atoms with Crippen molar-refractivity contribution in [1.29, 1.82) is 0 Å². The lowest BCUT2D eigenvalue weighted by Crippen LogP contribution is -2.06. The van der Waals surface area contributed by atoms with E-state index in [0.717, 1.165) is 16.8 Å². The molecule has 1 aliphatic heterocycles. The minimum Gasteiger partial charge on any atom is -0.464 e. The molecule has 106 valence electrons. The quantitative estimate of drug-likeness (QED) is 0.679. The summed E-state index contributed by atoms with van der Waals surface area (Å²) in [6.45, 7) is 0. The fourth-order valence-electron chi connectivity index (χ4n) is 2.43. The average Bonchev–Trinajstić information content (AvgIpc) is 2.99. The van der Waals surface area contributed by atoms with Gasteiger partial charge < -0.3 is 14.6 Å². The molecule has 0 saturated carbocycles. The highest BCUT2D eigenvalue weighted by molar-refractivity contribution is 6.34. The normalized spacial score (nSPS) is 15.0. The molecule has 5 nitrogen and oxygen atoms in total. The minimum atomic E-state index is -0.404. The molecule has 1 aromatic heterocycles. The Morgan fingerprint density at radius 3 is 2.86 bits per heavy atom. The number of benzene rings is 1.